The molecule has 104 valence electrons. The van der Waals surface area contributed by atoms with E-state index in [0.29, 0.717) is 13.2 Å². The topological polar surface area (TPSA) is 38.3 Å². The third-order valence-electron chi connectivity index (χ3n) is 3.57. The van der Waals surface area contributed by atoms with Gasteiger partial charge in [-0.05, 0) is 43.7 Å². The Morgan fingerprint density at radius 3 is 2.53 bits per heavy atom. The number of carbonyl (C=O) groups excluding carboxylic acids is 1. The van der Waals surface area contributed by atoms with Crippen LogP contribution in [0.25, 0.3) is 0 Å². The Balaban J connectivity index is 1.91. The van der Waals surface area contributed by atoms with Gasteiger partial charge in [0.05, 0.1) is 6.04 Å². The van der Waals surface area contributed by atoms with Crippen molar-refractivity contribution < 1.29 is 9.53 Å². The van der Waals surface area contributed by atoms with Crippen LogP contribution in [0, 0.1) is 5.92 Å². The molecule has 1 atom stereocenters. The maximum atomic E-state index is 12.1. The number of hydrogen-bond acceptors (Lipinski definition) is 3. The molecule has 0 bridgehead atoms. The number of carbonyl (C=O) groups is 1. The molecular formula is C15H21NO2S. The second-order valence-corrected chi connectivity index (χ2v) is 5.77. The van der Waals surface area contributed by atoms with Gasteiger partial charge >= 0.3 is 0 Å². The molecule has 1 aliphatic rings. The lowest BCUT2D eigenvalue weighted by Gasteiger charge is -2.23. The average molecular weight is 279 g/mol. The third-order valence-corrected chi connectivity index (χ3v) is 4.31. The van der Waals surface area contributed by atoms with Gasteiger partial charge in [0.15, 0.2) is 0 Å². The first-order chi connectivity index (χ1) is 9.20. The van der Waals surface area contributed by atoms with Crippen LogP contribution in [0.4, 0.5) is 0 Å². The van der Waals surface area contributed by atoms with E-state index in [9.17, 15) is 4.79 Å². The summed E-state index contributed by atoms with van der Waals surface area (Å²) < 4.78 is 5.28. The van der Waals surface area contributed by atoms with Crippen LogP contribution in [0.2, 0.25) is 0 Å². The van der Waals surface area contributed by atoms with Crippen molar-refractivity contribution in [1.82, 2.24) is 5.32 Å². The molecule has 4 heteroatoms. The Morgan fingerprint density at radius 1 is 1.32 bits per heavy atom. The van der Waals surface area contributed by atoms with Gasteiger partial charge in [0.2, 0.25) is 5.91 Å². The molecule has 0 unspecified atom stereocenters. The number of benzene rings is 1. The third kappa shape index (κ3) is 3.98. The summed E-state index contributed by atoms with van der Waals surface area (Å²) in [4.78, 5) is 13.4. The summed E-state index contributed by atoms with van der Waals surface area (Å²) in [5, 5.41) is 3.10. The van der Waals surface area contributed by atoms with E-state index in [1.54, 1.807) is 11.8 Å². The Labute approximate surface area is 119 Å². The molecular weight excluding hydrogens is 258 g/mol. The Bertz CT molecular complexity index is 413. The van der Waals surface area contributed by atoms with E-state index in [-0.39, 0.29) is 17.9 Å². The summed E-state index contributed by atoms with van der Waals surface area (Å²) in [5.74, 6) is 0.270. The monoisotopic (exact) mass is 279 g/mol. The highest BCUT2D eigenvalue weighted by molar-refractivity contribution is 7.98. The molecule has 1 N–H and O–H groups in total. The standard InChI is InChI=1S/C15H21NO2S/c1-11(12-3-5-14(19-2)6-4-12)16-15(17)13-7-9-18-10-8-13/h3-6,11,13H,7-10H2,1-2H3,(H,16,17)/t11-/m1/s1. The van der Waals surface area contributed by atoms with Gasteiger partial charge in [0.1, 0.15) is 0 Å². The van der Waals surface area contributed by atoms with Gasteiger partial charge in [-0.1, -0.05) is 12.1 Å². The van der Waals surface area contributed by atoms with E-state index in [0.717, 1.165) is 18.4 Å². The van der Waals surface area contributed by atoms with Gasteiger partial charge in [-0.2, -0.15) is 0 Å². The molecule has 1 aromatic rings. The number of thioether (sulfide) groups is 1. The maximum Gasteiger partial charge on any atom is 0.223 e. The van der Waals surface area contributed by atoms with Crippen molar-refractivity contribution in [3.63, 3.8) is 0 Å². The summed E-state index contributed by atoms with van der Waals surface area (Å²) in [6, 6.07) is 8.42. The van der Waals surface area contributed by atoms with Crippen molar-refractivity contribution >= 4 is 17.7 Å². The fourth-order valence-electron chi connectivity index (χ4n) is 2.27. The molecule has 3 nitrogen and oxygen atoms in total. The molecule has 1 heterocycles. The van der Waals surface area contributed by atoms with Gasteiger partial charge in [0.25, 0.3) is 0 Å². The van der Waals surface area contributed by atoms with E-state index >= 15 is 0 Å². The van der Waals surface area contributed by atoms with Crippen LogP contribution in [0.5, 0.6) is 0 Å². The number of hydrogen-bond donors (Lipinski definition) is 1. The number of nitrogens with one attached hydrogen (secondary N) is 1. The van der Waals surface area contributed by atoms with Gasteiger partial charge in [-0.3, -0.25) is 4.79 Å². The van der Waals surface area contributed by atoms with Gasteiger partial charge in [0, 0.05) is 24.0 Å². The predicted molar refractivity (Wildman–Crippen MR) is 78.3 cm³/mol. The van der Waals surface area contributed by atoms with Crippen LogP contribution in [-0.4, -0.2) is 25.4 Å². The zero-order valence-corrected chi connectivity index (χ0v) is 12.3. The smallest absolute Gasteiger partial charge is 0.223 e. The van der Waals surface area contributed by atoms with Crippen LogP contribution < -0.4 is 5.32 Å². The van der Waals surface area contributed by atoms with Crippen LogP contribution in [0.15, 0.2) is 29.2 Å². The largest absolute Gasteiger partial charge is 0.381 e. The second kappa shape index (κ2) is 6.96. The zero-order chi connectivity index (χ0) is 13.7. The van der Waals surface area contributed by atoms with Gasteiger partial charge in [-0.25, -0.2) is 0 Å². The van der Waals surface area contributed by atoms with Crippen molar-refractivity contribution in [3.8, 4) is 0 Å². The molecule has 0 aromatic heterocycles. The van der Waals surface area contributed by atoms with E-state index in [1.165, 1.54) is 4.90 Å². The Hall–Kier alpha value is -1.00. The first kappa shape index (κ1) is 14.4. The van der Waals surface area contributed by atoms with Crippen molar-refractivity contribution in [2.24, 2.45) is 5.92 Å². The van der Waals surface area contributed by atoms with Crippen molar-refractivity contribution in [3.05, 3.63) is 29.8 Å². The Morgan fingerprint density at radius 2 is 1.95 bits per heavy atom. The number of rotatable bonds is 4. The molecule has 1 fully saturated rings. The molecule has 1 aliphatic heterocycles. The summed E-state index contributed by atoms with van der Waals surface area (Å²) in [7, 11) is 0. The SMILES string of the molecule is CSc1ccc([C@@H](C)NC(=O)C2CCOCC2)cc1. The van der Waals surface area contributed by atoms with Crippen LogP contribution in [0.1, 0.15) is 31.4 Å². The normalized spacial score (nSPS) is 18.0. The average Bonchev–Trinajstić information content (AvgIpc) is 2.48. The zero-order valence-electron chi connectivity index (χ0n) is 11.5. The second-order valence-electron chi connectivity index (χ2n) is 4.89. The molecule has 0 spiro atoms. The van der Waals surface area contributed by atoms with Crippen molar-refractivity contribution in [1.29, 1.82) is 0 Å². The molecule has 19 heavy (non-hydrogen) atoms. The predicted octanol–water partition coefficient (Wildman–Crippen LogP) is 3.01. The summed E-state index contributed by atoms with van der Waals surface area (Å²) in [5.41, 5.74) is 1.15. The van der Waals surface area contributed by atoms with Crippen LogP contribution in [-0.2, 0) is 9.53 Å². The molecule has 1 amide bonds. The minimum atomic E-state index is 0.0613. The maximum absolute atomic E-state index is 12.1. The van der Waals surface area contributed by atoms with E-state index in [1.807, 2.05) is 6.92 Å². The first-order valence-corrected chi connectivity index (χ1v) is 7.95. The minimum absolute atomic E-state index is 0.0613. The van der Waals surface area contributed by atoms with E-state index in [2.05, 4.69) is 35.8 Å². The van der Waals surface area contributed by atoms with Gasteiger partial charge < -0.3 is 10.1 Å². The van der Waals surface area contributed by atoms with Crippen LogP contribution >= 0.6 is 11.8 Å². The van der Waals surface area contributed by atoms with Crippen molar-refractivity contribution in [2.45, 2.75) is 30.7 Å². The summed E-state index contributed by atoms with van der Waals surface area (Å²) >= 11 is 1.72. The quantitative estimate of drug-likeness (QED) is 0.861. The molecule has 0 saturated carbocycles. The lowest BCUT2D eigenvalue weighted by molar-refractivity contribution is -0.128. The fraction of sp³-hybridized carbons (Fsp3) is 0.533. The molecule has 0 radical (unpaired) electrons. The van der Waals surface area contributed by atoms with Crippen LogP contribution in [0.3, 0.4) is 0 Å². The first-order valence-electron chi connectivity index (χ1n) is 6.73. The highest BCUT2D eigenvalue weighted by Gasteiger charge is 2.22. The van der Waals surface area contributed by atoms with E-state index in [4.69, 9.17) is 4.74 Å². The highest BCUT2D eigenvalue weighted by Crippen LogP contribution is 2.20. The van der Waals surface area contributed by atoms with Crippen molar-refractivity contribution in [2.75, 3.05) is 19.5 Å². The number of ether oxygens (including phenoxy) is 1. The highest BCUT2D eigenvalue weighted by atomic mass is 32.2. The summed E-state index contributed by atoms with van der Waals surface area (Å²) in [6.45, 7) is 3.44. The lowest BCUT2D eigenvalue weighted by Crippen LogP contribution is -2.35. The molecule has 0 aliphatic carbocycles. The molecule has 1 saturated heterocycles. The Kier molecular flexibility index (Phi) is 5.28. The van der Waals surface area contributed by atoms with Gasteiger partial charge in [-0.15, -0.1) is 11.8 Å². The number of amides is 1. The molecule has 1 aromatic carbocycles. The lowest BCUT2D eigenvalue weighted by atomic mass is 9.98. The minimum Gasteiger partial charge on any atom is -0.381 e. The molecule has 2 rings (SSSR count). The van der Waals surface area contributed by atoms with E-state index < -0.39 is 0 Å². The fourth-order valence-corrected chi connectivity index (χ4v) is 2.68. The summed E-state index contributed by atoms with van der Waals surface area (Å²) in [6.07, 6.45) is 3.74.